The molecule has 0 aliphatic heterocycles. The smallest absolute Gasteiger partial charge is 0.185 e. The molecule has 2 rings (SSSR count). The second-order valence-corrected chi connectivity index (χ2v) is 4.64. The molecule has 0 atom stereocenters. The SMILES string of the molecule is CC(C)COc1cccc(F)c1-c1ccc(C=O)o1. The van der Waals surface area contributed by atoms with Gasteiger partial charge in [0.1, 0.15) is 17.3 Å². The molecule has 1 aromatic carbocycles. The Kier molecular flexibility index (Phi) is 4.00. The minimum absolute atomic E-state index is 0.160. The van der Waals surface area contributed by atoms with E-state index in [0.717, 1.165) is 0 Å². The fourth-order valence-electron chi connectivity index (χ4n) is 1.67. The second-order valence-electron chi connectivity index (χ2n) is 4.64. The van der Waals surface area contributed by atoms with Gasteiger partial charge in [-0.1, -0.05) is 19.9 Å². The average molecular weight is 262 g/mol. The normalized spacial score (nSPS) is 10.7. The maximum absolute atomic E-state index is 13.9. The van der Waals surface area contributed by atoms with Crippen molar-refractivity contribution in [1.29, 1.82) is 0 Å². The first-order valence-electron chi connectivity index (χ1n) is 6.08. The van der Waals surface area contributed by atoms with Crippen LogP contribution in [0.1, 0.15) is 24.4 Å². The zero-order valence-electron chi connectivity index (χ0n) is 10.9. The lowest BCUT2D eigenvalue weighted by Gasteiger charge is -2.12. The van der Waals surface area contributed by atoms with E-state index in [-0.39, 0.29) is 11.3 Å². The number of carbonyl (C=O) groups is 1. The summed E-state index contributed by atoms with van der Waals surface area (Å²) in [6.45, 7) is 4.50. The lowest BCUT2D eigenvalue weighted by atomic mass is 10.1. The van der Waals surface area contributed by atoms with Crippen molar-refractivity contribution < 1.29 is 18.3 Å². The van der Waals surface area contributed by atoms with Gasteiger partial charge in [0.05, 0.1) is 12.2 Å². The van der Waals surface area contributed by atoms with E-state index in [1.165, 1.54) is 12.1 Å². The van der Waals surface area contributed by atoms with Crippen LogP contribution in [0.15, 0.2) is 34.7 Å². The van der Waals surface area contributed by atoms with Crippen LogP contribution in [0.3, 0.4) is 0 Å². The molecule has 1 heterocycles. The molecular formula is C15H15FO3. The Morgan fingerprint density at radius 1 is 1.32 bits per heavy atom. The number of rotatable bonds is 5. The quantitative estimate of drug-likeness (QED) is 0.766. The summed E-state index contributed by atoms with van der Waals surface area (Å²) in [6.07, 6.45) is 0.582. The van der Waals surface area contributed by atoms with Crippen LogP contribution in [-0.2, 0) is 0 Å². The van der Waals surface area contributed by atoms with E-state index in [9.17, 15) is 9.18 Å². The summed E-state index contributed by atoms with van der Waals surface area (Å²) in [7, 11) is 0. The summed E-state index contributed by atoms with van der Waals surface area (Å²) < 4.78 is 24.8. The number of carbonyl (C=O) groups excluding carboxylic acids is 1. The molecule has 0 unspecified atom stereocenters. The van der Waals surface area contributed by atoms with Gasteiger partial charge in [0.15, 0.2) is 12.0 Å². The van der Waals surface area contributed by atoms with E-state index in [1.807, 2.05) is 13.8 Å². The second kappa shape index (κ2) is 5.69. The Labute approximate surface area is 111 Å². The van der Waals surface area contributed by atoms with Crippen LogP contribution in [-0.4, -0.2) is 12.9 Å². The highest BCUT2D eigenvalue weighted by molar-refractivity contribution is 5.74. The van der Waals surface area contributed by atoms with Gasteiger partial charge in [-0.25, -0.2) is 4.39 Å². The third-order valence-electron chi connectivity index (χ3n) is 2.54. The Morgan fingerprint density at radius 2 is 2.11 bits per heavy atom. The third-order valence-corrected chi connectivity index (χ3v) is 2.54. The van der Waals surface area contributed by atoms with Crippen LogP contribution >= 0.6 is 0 Å². The number of halogens is 1. The molecule has 0 spiro atoms. The van der Waals surface area contributed by atoms with Crippen LogP contribution in [0, 0.1) is 11.7 Å². The first-order valence-corrected chi connectivity index (χ1v) is 6.08. The number of furan rings is 1. The third kappa shape index (κ3) is 3.02. The van der Waals surface area contributed by atoms with E-state index in [2.05, 4.69) is 0 Å². The number of benzene rings is 1. The van der Waals surface area contributed by atoms with Crippen molar-refractivity contribution in [3.63, 3.8) is 0 Å². The molecule has 3 nitrogen and oxygen atoms in total. The molecular weight excluding hydrogens is 247 g/mol. The van der Waals surface area contributed by atoms with Gasteiger partial charge < -0.3 is 9.15 Å². The maximum atomic E-state index is 13.9. The first-order chi connectivity index (χ1) is 9.11. The zero-order valence-corrected chi connectivity index (χ0v) is 10.9. The van der Waals surface area contributed by atoms with Crippen molar-refractivity contribution in [2.24, 2.45) is 5.92 Å². The summed E-state index contributed by atoms with van der Waals surface area (Å²) in [5.74, 6) is 0.763. The fourth-order valence-corrected chi connectivity index (χ4v) is 1.67. The molecule has 0 amide bonds. The lowest BCUT2D eigenvalue weighted by molar-refractivity contribution is 0.110. The van der Waals surface area contributed by atoms with Crippen molar-refractivity contribution in [2.75, 3.05) is 6.61 Å². The van der Waals surface area contributed by atoms with Gasteiger partial charge in [-0.2, -0.15) is 0 Å². The van der Waals surface area contributed by atoms with E-state index in [0.29, 0.717) is 30.3 Å². The molecule has 0 saturated heterocycles. The van der Waals surface area contributed by atoms with E-state index < -0.39 is 5.82 Å². The monoisotopic (exact) mass is 262 g/mol. The van der Waals surface area contributed by atoms with Crippen molar-refractivity contribution in [3.05, 3.63) is 41.9 Å². The van der Waals surface area contributed by atoms with Gasteiger partial charge in [-0.15, -0.1) is 0 Å². The molecule has 0 bridgehead atoms. The molecule has 100 valence electrons. The Hall–Kier alpha value is -2.10. The Balaban J connectivity index is 2.39. The molecule has 0 N–H and O–H groups in total. The molecule has 0 saturated carbocycles. The van der Waals surface area contributed by atoms with Gasteiger partial charge >= 0.3 is 0 Å². The molecule has 0 fully saturated rings. The summed E-state index contributed by atoms with van der Waals surface area (Å²) in [6, 6.07) is 7.66. The van der Waals surface area contributed by atoms with Gasteiger partial charge in [0, 0.05) is 0 Å². The summed E-state index contributed by atoms with van der Waals surface area (Å²) in [4.78, 5) is 10.6. The zero-order chi connectivity index (χ0) is 13.8. The van der Waals surface area contributed by atoms with E-state index in [4.69, 9.17) is 9.15 Å². The Morgan fingerprint density at radius 3 is 2.74 bits per heavy atom. The molecule has 4 heteroatoms. The van der Waals surface area contributed by atoms with Crippen LogP contribution < -0.4 is 4.74 Å². The van der Waals surface area contributed by atoms with Crippen LogP contribution in [0.2, 0.25) is 0 Å². The molecule has 19 heavy (non-hydrogen) atoms. The number of aldehydes is 1. The largest absolute Gasteiger partial charge is 0.492 e. The highest BCUT2D eigenvalue weighted by Gasteiger charge is 2.16. The lowest BCUT2D eigenvalue weighted by Crippen LogP contribution is -2.05. The highest BCUT2D eigenvalue weighted by atomic mass is 19.1. The number of hydrogen-bond donors (Lipinski definition) is 0. The predicted molar refractivity (Wildman–Crippen MR) is 69.8 cm³/mol. The van der Waals surface area contributed by atoms with Crippen molar-refractivity contribution in [3.8, 4) is 17.1 Å². The standard InChI is InChI=1S/C15H15FO3/c1-10(2)9-18-13-5-3-4-12(16)15(13)14-7-6-11(8-17)19-14/h3-8,10H,9H2,1-2H3. The minimum atomic E-state index is -0.437. The van der Waals surface area contributed by atoms with Crippen molar-refractivity contribution in [1.82, 2.24) is 0 Å². The first kappa shape index (κ1) is 13.3. The molecule has 0 aliphatic rings. The van der Waals surface area contributed by atoms with Gasteiger partial charge in [0.2, 0.25) is 0 Å². The van der Waals surface area contributed by atoms with E-state index >= 15 is 0 Å². The minimum Gasteiger partial charge on any atom is -0.492 e. The highest BCUT2D eigenvalue weighted by Crippen LogP contribution is 2.33. The molecule has 2 aromatic rings. The summed E-state index contributed by atoms with van der Waals surface area (Å²) in [5.41, 5.74) is 0.247. The van der Waals surface area contributed by atoms with Crippen LogP contribution in [0.4, 0.5) is 4.39 Å². The van der Waals surface area contributed by atoms with Crippen molar-refractivity contribution in [2.45, 2.75) is 13.8 Å². The fraction of sp³-hybridized carbons (Fsp3) is 0.267. The van der Waals surface area contributed by atoms with Crippen LogP contribution in [0.25, 0.3) is 11.3 Å². The average Bonchev–Trinajstić information content (AvgIpc) is 2.84. The topological polar surface area (TPSA) is 39.4 Å². The van der Waals surface area contributed by atoms with Gasteiger partial charge in [-0.05, 0) is 30.2 Å². The molecule has 0 aliphatic carbocycles. The van der Waals surface area contributed by atoms with Crippen molar-refractivity contribution >= 4 is 6.29 Å². The molecule has 1 aromatic heterocycles. The van der Waals surface area contributed by atoms with E-state index in [1.54, 1.807) is 18.2 Å². The van der Waals surface area contributed by atoms with Gasteiger partial charge in [0.25, 0.3) is 0 Å². The number of ether oxygens (including phenoxy) is 1. The number of hydrogen-bond acceptors (Lipinski definition) is 3. The predicted octanol–water partition coefficient (Wildman–Crippen LogP) is 3.93. The Bertz CT molecular complexity index is 573. The summed E-state index contributed by atoms with van der Waals surface area (Å²) in [5, 5.41) is 0. The van der Waals surface area contributed by atoms with Gasteiger partial charge in [-0.3, -0.25) is 4.79 Å². The molecule has 0 radical (unpaired) electrons. The summed E-state index contributed by atoms with van der Waals surface area (Å²) >= 11 is 0. The maximum Gasteiger partial charge on any atom is 0.185 e. The van der Waals surface area contributed by atoms with Crippen LogP contribution in [0.5, 0.6) is 5.75 Å².